The lowest BCUT2D eigenvalue weighted by molar-refractivity contribution is -0.274. The molecule has 2 aromatic heterocycles. The number of methoxy groups -OCH3 is 1. The van der Waals surface area contributed by atoms with E-state index in [4.69, 9.17) is 4.74 Å². The lowest BCUT2D eigenvalue weighted by atomic mass is 10.1. The molecule has 154 valence electrons. The number of thiophene rings is 1. The van der Waals surface area contributed by atoms with Gasteiger partial charge in [-0.2, -0.15) is 0 Å². The molecule has 1 aromatic carbocycles. The van der Waals surface area contributed by atoms with Crippen molar-refractivity contribution in [2.24, 2.45) is 0 Å². The first-order chi connectivity index (χ1) is 13.7. The molecule has 0 aliphatic carbocycles. The number of nitrogens with one attached hydrogen (secondary N) is 1. The quantitative estimate of drug-likeness (QED) is 0.436. The van der Waals surface area contributed by atoms with Gasteiger partial charge in [-0.15, -0.1) is 24.5 Å². The summed E-state index contributed by atoms with van der Waals surface area (Å²) in [6.45, 7) is 2.50. The first-order valence-corrected chi connectivity index (χ1v) is 9.52. The minimum atomic E-state index is -4.70. The zero-order chi connectivity index (χ0) is 21.0. The average Bonchev–Trinajstić information content (AvgIpc) is 3.04. The fourth-order valence-corrected chi connectivity index (χ4v) is 3.60. The van der Waals surface area contributed by atoms with Crippen molar-refractivity contribution in [3.63, 3.8) is 0 Å². The van der Waals surface area contributed by atoms with Crippen LogP contribution in [0.3, 0.4) is 0 Å². The maximum atomic E-state index is 12.2. The normalized spacial score (nSPS) is 11.5. The number of alkyl halides is 3. The highest BCUT2D eigenvalue weighted by atomic mass is 32.1. The Labute approximate surface area is 168 Å². The number of ether oxygens (including phenoxy) is 2. The van der Waals surface area contributed by atoms with Gasteiger partial charge in [0.25, 0.3) is 0 Å². The summed E-state index contributed by atoms with van der Waals surface area (Å²) in [6.07, 6.45) is -3.33. The number of nitrogens with zero attached hydrogens (tertiary/aromatic N) is 2. The molecule has 1 N–H and O–H groups in total. The van der Waals surface area contributed by atoms with Gasteiger partial charge in [0, 0.05) is 11.4 Å². The van der Waals surface area contributed by atoms with E-state index in [0.29, 0.717) is 30.0 Å². The zero-order valence-corrected chi connectivity index (χ0v) is 16.5. The molecule has 0 saturated heterocycles. The number of fused-ring (bicyclic) bond motifs is 1. The Morgan fingerprint density at radius 3 is 2.59 bits per heavy atom. The Hall–Kier alpha value is -2.88. The topological polar surface area (TPSA) is 73.3 Å². The van der Waals surface area contributed by atoms with E-state index in [9.17, 15) is 18.0 Å². The van der Waals surface area contributed by atoms with Crippen LogP contribution in [0.5, 0.6) is 5.75 Å². The predicted molar refractivity (Wildman–Crippen MR) is 103 cm³/mol. The molecule has 3 rings (SSSR count). The number of carbonyl (C=O) groups is 1. The number of hydrogen-bond donors (Lipinski definition) is 1. The Morgan fingerprint density at radius 1 is 1.21 bits per heavy atom. The van der Waals surface area contributed by atoms with Gasteiger partial charge in [-0.05, 0) is 43.5 Å². The van der Waals surface area contributed by atoms with E-state index in [1.165, 1.54) is 30.6 Å². The molecule has 29 heavy (non-hydrogen) atoms. The zero-order valence-electron chi connectivity index (χ0n) is 15.7. The minimum Gasteiger partial charge on any atom is -0.463 e. The SMILES string of the molecule is COC(=O)c1nc(NCCCc2ccc(OC(F)(F)F)cc2)c2cc(C)sc2n1. The molecule has 0 spiro atoms. The summed E-state index contributed by atoms with van der Waals surface area (Å²) in [4.78, 5) is 22.0. The van der Waals surface area contributed by atoms with Crippen LogP contribution in [0.4, 0.5) is 19.0 Å². The maximum absolute atomic E-state index is 12.2. The molecule has 2 heterocycles. The molecule has 0 unspecified atom stereocenters. The van der Waals surface area contributed by atoms with E-state index in [-0.39, 0.29) is 11.6 Å². The van der Waals surface area contributed by atoms with Gasteiger partial charge in [-0.1, -0.05) is 12.1 Å². The largest absolute Gasteiger partial charge is 0.573 e. The Morgan fingerprint density at radius 2 is 1.93 bits per heavy atom. The first-order valence-electron chi connectivity index (χ1n) is 8.70. The van der Waals surface area contributed by atoms with Crippen LogP contribution in [0.2, 0.25) is 0 Å². The van der Waals surface area contributed by atoms with Gasteiger partial charge in [-0.3, -0.25) is 0 Å². The molecule has 0 radical (unpaired) electrons. The summed E-state index contributed by atoms with van der Waals surface area (Å²) >= 11 is 1.46. The molecule has 0 amide bonds. The number of anilines is 1. The minimum absolute atomic E-state index is 0.00963. The number of aromatic nitrogens is 2. The number of hydrogen-bond acceptors (Lipinski definition) is 7. The number of benzene rings is 1. The smallest absolute Gasteiger partial charge is 0.463 e. The van der Waals surface area contributed by atoms with Crippen LogP contribution in [-0.2, 0) is 11.2 Å². The van der Waals surface area contributed by atoms with E-state index < -0.39 is 12.3 Å². The van der Waals surface area contributed by atoms with Gasteiger partial charge in [0.05, 0.1) is 12.5 Å². The molecule has 0 saturated carbocycles. The number of carbonyl (C=O) groups excluding carboxylic acids is 1. The van der Waals surface area contributed by atoms with Crippen molar-refractivity contribution in [1.29, 1.82) is 0 Å². The lowest BCUT2D eigenvalue weighted by Crippen LogP contribution is -2.17. The van der Waals surface area contributed by atoms with Crippen LogP contribution in [0.15, 0.2) is 30.3 Å². The van der Waals surface area contributed by atoms with Gasteiger partial charge in [0.1, 0.15) is 16.4 Å². The van der Waals surface area contributed by atoms with Crippen molar-refractivity contribution >= 4 is 33.3 Å². The van der Waals surface area contributed by atoms with Crippen LogP contribution in [-0.4, -0.2) is 36.0 Å². The highest BCUT2D eigenvalue weighted by Crippen LogP contribution is 2.29. The summed E-state index contributed by atoms with van der Waals surface area (Å²) in [5.74, 6) is -0.314. The summed E-state index contributed by atoms with van der Waals surface area (Å²) in [6, 6.07) is 7.73. The van der Waals surface area contributed by atoms with Crippen molar-refractivity contribution in [1.82, 2.24) is 9.97 Å². The number of rotatable bonds is 7. The summed E-state index contributed by atoms with van der Waals surface area (Å²) in [5, 5.41) is 4.03. The third-order valence-electron chi connectivity index (χ3n) is 3.98. The second-order valence-corrected chi connectivity index (χ2v) is 7.42. The van der Waals surface area contributed by atoms with E-state index in [1.807, 2.05) is 13.0 Å². The van der Waals surface area contributed by atoms with E-state index in [0.717, 1.165) is 15.8 Å². The van der Waals surface area contributed by atoms with E-state index in [1.54, 1.807) is 12.1 Å². The number of esters is 1. The molecule has 0 fully saturated rings. The third-order valence-corrected chi connectivity index (χ3v) is 4.92. The summed E-state index contributed by atoms with van der Waals surface area (Å²) < 4.78 is 45.2. The molecular weight excluding hydrogens is 407 g/mol. The molecule has 0 atom stereocenters. The standard InChI is InChI=1S/C19H18F3N3O3S/c1-11-10-14-15(24-16(18(26)27-2)25-17(14)29-11)23-9-3-4-12-5-7-13(8-6-12)28-19(20,21)22/h5-8,10H,3-4,9H2,1-2H3,(H,23,24,25). The Balaban J connectivity index is 1.61. The van der Waals surface area contributed by atoms with Gasteiger partial charge in [-0.25, -0.2) is 14.8 Å². The van der Waals surface area contributed by atoms with Crippen LogP contribution in [0.25, 0.3) is 10.2 Å². The molecule has 0 bridgehead atoms. The predicted octanol–water partition coefficient (Wildman–Crippen LogP) is 4.73. The fourth-order valence-electron chi connectivity index (χ4n) is 2.72. The van der Waals surface area contributed by atoms with Crippen molar-refractivity contribution in [2.75, 3.05) is 19.0 Å². The van der Waals surface area contributed by atoms with Crippen LogP contribution in [0.1, 0.15) is 27.5 Å². The van der Waals surface area contributed by atoms with E-state index >= 15 is 0 Å². The van der Waals surface area contributed by atoms with Crippen molar-refractivity contribution in [3.05, 3.63) is 46.6 Å². The average molecular weight is 425 g/mol. The monoisotopic (exact) mass is 425 g/mol. The molecule has 0 aliphatic heterocycles. The van der Waals surface area contributed by atoms with Crippen LogP contribution < -0.4 is 10.1 Å². The van der Waals surface area contributed by atoms with Gasteiger partial charge in [0.2, 0.25) is 5.82 Å². The Bertz CT molecular complexity index is 1000. The van der Waals surface area contributed by atoms with Crippen molar-refractivity contribution in [2.45, 2.75) is 26.1 Å². The highest BCUT2D eigenvalue weighted by Gasteiger charge is 2.30. The molecule has 6 nitrogen and oxygen atoms in total. The van der Waals surface area contributed by atoms with Crippen molar-refractivity contribution in [3.8, 4) is 5.75 Å². The highest BCUT2D eigenvalue weighted by molar-refractivity contribution is 7.18. The Kier molecular flexibility index (Phi) is 6.21. The second-order valence-electron chi connectivity index (χ2n) is 6.19. The summed E-state index contributed by atoms with van der Waals surface area (Å²) in [5.41, 5.74) is 0.885. The molecule has 10 heteroatoms. The molecular formula is C19H18F3N3O3S. The molecule has 3 aromatic rings. The van der Waals surface area contributed by atoms with Crippen molar-refractivity contribution < 1.29 is 27.4 Å². The van der Waals surface area contributed by atoms with Gasteiger partial charge >= 0.3 is 12.3 Å². The first kappa shape index (κ1) is 20.8. The maximum Gasteiger partial charge on any atom is 0.573 e. The van der Waals surface area contributed by atoms with Gasteiger partial charge in [0.15, 0.2) is 0 Å². The second kappa shape index (κ2) is 8.64. The number of halogens is 3. The van der Waals surface area contributed by atoms with E-state index in [2.05, 4.69) is 20.0 Å². The lowest BCUT2D eigenvalue weighted by Gasteiger charge is -2.10. The summed E-state index contributed by atoms with van der Waals surface area (Å²) in [7, 11) is 1.27. The van der Waals surface area contributed by atoms with Gasteiger partial charge < -0.3 is 14.8 Å². The fraction of sp³-hybridized carbons (Fsp3) is 0.316. The third kappa shape index (κ3) is 5.57. The van der Waals surface area contributed by atoms with Crippen LogP contribution in [0, 0.1) is 6.92 Å². The van der Waals surface area contributed by atoms with Crippen LogP contribution >= 0.6 is 11.3 Å². The number of aryl methyl sites for hydroxylation is 2. The molecule has 0 aliphatic rings.